The number of hydrogen-bond donors (Lipinski definition) is 1. The first kappa shape index (κ1) is 23.7. The number of rotatable bonds is 5. The van der Waals surface area contributed by atoms with Crippen LogP contribution >= 0.6 is 0 Å². The SMILES string of the molecule is O=C1C=C/C(=C(/c2ccccc2C(=O)O)c2ccc([O-])cc2[N+](=O)[O-])C([N+](=O)[O-])=C1.[Na+]. The van der Waals surface area contributed by atoms with Gasteiger partial charge in [0.2, 0.25) is 0 Å². The van der Waals surface area contributed by atoms with Crippen LogP contribution in [-0.2, 0) is 4.79 Å². The molecule has 0 amide bonds. The summed E-state index contributed by atoms with van der Waals surface area (Å²) >= 11 is 0. The maximum absolute atomic E-state index is 11.8. The van der Waals surface area contributed by atoms with Crippen LogP contribution in [0.4, 0.5) is 5.69 Å². The summed E-state index contributed by atoms with van der Waals surface area (Å²) in [4.78, 5) is 44.9. The zero-order valence-electron chi connectivity index (χ0n) is 16.0. The largest absolute Gasteiger partial charge is 1.00 e. The van der Waals surface area contributed by atoms with Crippen molar-refractivity contribution in [2.75, 3.05) is 0 Å². The number of benzene rings is 2. The van der Waals surface area contributed by atoms with Gasteiger partial charge in [-0.3, -0.25) is 25.0 Å². The maximum atomic E-state index is 11.8. The van der Waals surface area contributed by atoms with Gasteiger partial charge < -0.3 is 10.2 Å². The van der Waals surface area contributed by atoms with Crippen molar-refractivity contribution in [1.29, 1.82) is 0 Å². The summed E-state index contributed by atoms with van der Waals surface area (Å²) in [6, 6.07) is 8.33. The van der Waals surface area contributed by atoms with Gasteiger partial charge in [-0.15, -0.1) is 5.75 Å². The topological polar surface area (TPSA) is 164 Å². The average Bonchev–Trinajstić information content (AvgIpc) is 2.70. The third-order valence-corrected chi connectivity index (χ3v) is 4.30. The molecule has 3 rings (SSSR count). The molecule has 2 aromatic carbocycles. The molecule has 0 fully saturated rings. The zero-order valence-corrected chi connectivity index (χ0v) is 18.0. The van der Waals surface area contributed by atoms with E-state index in [0.29, 0.717) is 0 Å². The van der Waals surface area contributed by atoms with E-state index < -0.39 is 38.7 Å². The van der Waals surface area contributed by atoms with E-state index in [9.17, 15) is 40.0 Å². The molecule has 0 bridgehead atoms. The molecule has 1 aliphatic carbocycles. The fraction of sp³-hybridized carbons (Fsp3) is 0. The van der Waals surface area contributed by atoms with Crippen molar-refractivity contribution in [2.45, 2.75) is 0 Å². The van der Waals surface area contributed by atoms with Gasteiger partial charge in [-0.1, -0.05) is 24.3 Å². The second-order valence-electron chi connectivity index (χ2n) is 6.10. The van der Waals surface area contributed by atoms with Gasteiger partial charge in [-0.25, -0.2) is 4.79 Å². The summed E-state index contributed by atoms with van der Waals surface area (Å²) in [7, 11) is 0. The van der Waals surface area contributed by atoms with Crippen molar-refractivity contribution in [3.8, 4) is 5.75 Å². The first-order valence-electron chi connectivity index (χ1n) is 8.32. The molecule has 0 saturated carbocycles. The molecular formula is C20H11N2NaO8. The number of nitrogens with zero attached hydrogens (tertiary/aromatic N) is 2. The van der Waals surface area contributed by atoms with Gasteiger partial charge in [-0.05, 0) is 29.8 Å². The van der Waals surface area contributed by atoms with Crippen LogP contribution in [0.1, 0.15) is 21.5 Å². The predicted octanol–water partition coefficient (Wildman–Crippen LogP) is -0.528. The summed E-state index contributed by atoms with van der Waals surface area (Å²) in [5.41, 5.74) is -2.19. The van der Waals surface area contributed by atoms with E-state index >= 15 is 0 Å². The first-order valence-corrected chi connectivity index (χ1v) is 8.32. The molecule has 11 heteroatoms. The van der Waals surface area contributed by atoms with Crippen LogP contribution in [0.3, 0.4) is 0 Å². The Bertz CT molecular complexity index is 1210. The van der Waals surface area contributed by atoms with Crippen molar-refractivity contribution >= 4 is 23.0 Å². The quantitative estimate of drug-likeness (QED) is 0.376. The number of allylic oxidation sites excluding steroid dienone is 3. The number of hydrogen-bond acceptors (Lipinski definition) is 7. The van der Waals surface area contributed by atoms with Gasteiger partial charge in [-0.2, -0.15) is 0 Å². The van der Waals surface area contributed by atoms with Crippen LogP contribution in [0.25, 0.3) is 5.57 Å². The zero-order chi connectivity index (χ0) is 22.0. The van der Waals surface area contributed by atoms with Gasteiger partial charge >= 0.3 is 35.5 Å². The molecule has 0 aliphatic heterocycles. The smallest absolute Gasteiger partial charge is 0.872 e. The molecule has 10 nitrogen and oxygen atoms in total. The van der Waals surface area contributed by atoms with Crippen LogP contribution in [-0.4, -0.2) is 26.7 Å². The number of aromatic carboxylic acids is 1. The molecule has 0 atom stereocenters. The molecular weight excluding hydrogens is 419 g/mol. The molecule has 0 unspecified atom stereocenters. The normalized spacial score (nSPS) is 14.3. The van der Waals surface area contributed by atoms with E-state index in [2.05, 4.69) is 0 Å². The minimum Gasteiger partial charge on any atom is -0.872 e. The number of nitro groups is 2. The van der Waals surface area contributed by atoms with E-state index in [0.717, 1.165) is 36.4 Å². The van der Waals surface area contributed by atoms with Crippen molar-refractivity contribution in [3.63, 3.8) is 0 Å². The molecule has 0 radical (unpaired) electrons. The Morgan fingerprint density at radius 3 is 2.13 bits per heavy atom. The third-order valence-electron chi connectivity index (χ3n) is 4.30. The number of carboxylic acid groups (broad SMARTS) is 1. The minimum atomic E-state index is -1.37. The Morgan fingerprint density at radius 2 is 1.55 bits per heavy atom. The third kappa shape index (κ3) is 4.77. The first-order chi connectivity index (χ1) is 14.2. The Hall–Kier alpha value is -3.60. The molecule has 1 aliphatic rings. The van der Waals surface area contributed by atoms with E-state index in [1.807, 2.05) is 0 Å². The van der Waals surface area contributed by atoms with Crippen LogP contribution in [0.2, 0.25) is 0 Å². The van der Waals surface area contributed by atoms with Crippen LogP contribution in [0.5, 0.6) is 5.75 Å². The fourth-order valence-corrected chi connectivity index (χ4v) is 3.07. The van der Waals surface area contributed by atoms with E-state index in [1.165, 1.54) is 24.3 Å². The Balaban J connectivity index is 0.00000341. The van der Waals surface area contributed by atoms with Crippen molar-refractivity contribution in [2.24, 2.45) is 0 Å². The summed E-state index contributed by atoms with van der Waals surface area (Å²) in [5, 5.41) is 44.4. The number of nitro benzene ring substituents is 1. The van der Waals surface area contributed by atoms with Crippen molar-refractivity contribution < 1.29 is 59.2 Å². The van der Waals surface area contributed by atoms with Crippen LogP contribution < -0.4 is 34.7 Å². The molecule has 31 heavy (non-hydrogen) atoms. The monoisotopic (exact) mass is 430 g/mol. The van der Waals surface area contributed by atoms with E-state index in [4.69, 9.17) is 0 Å². The van der Waals surface area contributed by atoms with E-state index in [-0.39, 0.29) is 57.4 Å². The Labute approximate surface area is 196 Å². The maximum Gasteiger partial charge on any atom is 1.00 e. The molecule has 0 saturated heterocycles. The van der Waals surface area contributed by atoms with Crippen LogP contribution in [0.15, 0.2) is 72.0 Å². The van der Waals surface area contributed by atoms with Gasteiger partial charge in [0, 0.05) is 11.6 Å². The molecule has 0 spiro atoms. The number of carbonyl (C=O) groups excluding carboxylic acids is 1. The average molecular weight is 430 g/mol. The van der Waals surface area contributed by atoms with Gasteiger partial charge in [0.05, 0.1) is 32.6 Å². The minimum absolute atomic E-state index is 0. The summed E-state index contributed by atoms with van der Waals surface area (Å²) in [6.45, 7) is 0. The van der Waals surface area contributed by atoms with Crippen LogP contribution in [0, 0.1) is 20.2 Å². The Kier molecular flexibility index (Phi) is 7.24. The molecule has 150 valence electrons. The molecule has 0 aromatic heterocycles. The Morgan fingerprint density at radius 1 is 0.903 bits per heavy atom. The summed E-state index contributed by atoms with van der Waals surface area (Å²) < 4.78 is 0. The summed E-state index contributed by atoms with van der Waals surface area (Å²) in [5.74, 6) is -2.70. The van der Waals surface area contributed by atoms with Gasteiger partial charge in [0.1, 0.15) is 0 Å². The second-order valence-corrected chi connectivity index (χ2v) is 6.10. The van der Waals surface area contributed by atoms with E-state index in [1.54, 1.807) is 0 Å². The second kappa shape index (κ2) is 9.47. The summed E-state index contributed by atoms with van der Waals surface area (Å²) in [6.07, 6.45) is 2.87. The van der Waals surface area contributed by atoms with Crippen molar-refractivity contribution in [1.82, 2.24) is 0 Å². The fourth-order valence-electron chi connectivity index (χ4n) is 3.07. The number of carbonyl (C=O) groups is 2. The molecule has 2 aromatic rings. The van der Waals surface area contributed by atoms with Gasteiger partial charge in [0.25, 0.3) is 11.4 Å². The number of ketones is 1. The molecule has 0 heterocycles. The van der Waals surface area contributed by atoms with Gasteiger partial charge in [0.15, 0.2) is 5.78 Å². The number of carboxylic acids is 1. The predicted molar refractivity (Wildman–Crippen MR) is 101 cm³/mol. The standard InChI is InChI=1S/C20H12N2O8.Na/c23-11-5-7-15(17(9-11)21(27)28)19(13-3-1-2-4-14(13)20(25)26)16-8-6-12(24)10-18(16)22(29)30;/h1-10,23H,(H,25,26);/q;+1/p-1/b19-16+;. The van der Waals surface area contributed by atoms with Crippen molar-refractivity contribution in [3.05, 3.63) is 109 Å². The molecule has 1 N–H and O–H groups in total.